The van der Waals surface area contributed by atoms with Crippen LogP contribution in [-0.2, 0) is 16.8 Å². The van der Waals surface area contributed by atoms with Gasteiger partial charge in [0.25, 0.3) is 10.2 Å². The number of nitrogens with zero attached hydrogens (tertiary/aromatic N) is 1. The van der Waals surface area contributed by atoms with Crippen molar-refractivity contribution in [3.63, 3.8) is 0 Å². The van der Waals surface area contributed by atoms with Gasteiger partial charge in [-0.2, -0.15) is 12.7 Å². The van der Waals surface area contributed by atoms with Gasteiger partial charge < -0.3 is 4.42 Å². The largest absolute Gasteiger partial charge is 0.468 e. The molecular weight excluding hydrogens is 192 g/mol. The highest BCUT2D eigenvalue weighted by atomic mass is 32.2. The zero-order chi connectivity index (χ0) is 9.90. The second kappa shape index (κ2) is 3.91. The van der Waals surface area contributed by atoms with Crippen molar-refractivity contribution < 1.29 is 12.8 Å². The molecule has 0 radical (unpaired) electrons. The van der Waals surface area contributed by atoms with E-state index in [0.717, 1.165) is 4.31 Å². The van der Waals surface area contributed by atoms with Gasteiger partial charge in [0.1, 0.15) is 5.76 Å². The molecule has 1 aromatic rings. The van der Waals surface area contributed by atoms with E-state index in [0.29, 0.717) is 12.3 Å². The summed E-state index contributed by atoms with van der Waals surface area (Å²) in [5.41, 5.74) is 0. The van der Waals surface area contributed by atoms with Crippen molar-refractivity contribution in [2.45, 2.75) is 13.5 Å². The van der Waals surface area contributed by atoms with E-state index in [1.807, 2.05) is 0 Å². The minimum atomic E-state index is -3.62. The molecule has 0 aliphatic heterocycles. The number of nitrogens with two attached hydrogens (primary N) is 1. The SMILES string of the molecule is CCN(Cc1ccco1)S(N)(=O)=O. The van der Waals surface area contributed by atoms with Crippen molar-refractivity contribution in [1.29, 1.82) is 0 Å². The molecule has 0 aliphatic carbocycles. The van der Waals surface area contributed by atoms with Crippen LogP contribution in [-0.4, -0.2) is 19.3 Å². The van der Waals surface area contributed by atoms with E-state index in [2.05, 4.69) is 0 Å². The molecule has 5 nitrogen and oxygen atoms in total. The zero-order valence-corrected chi connectivity index (χ0v) is 8.12. The highest BCUT2D eigenvalue weighted by Crippen LogP contribution is 2.06. The lowest BCUT2D eigenvalue weighted by molar-refractivity contribution is 0.376. The van der Waals surface area contributed by atoms with Gasteiger partial charge in [0, 0.05) is 6.54 Å². The first kappa shape index (κ1) is 10.2. The van der Waals surface area contributed by atoms with Crippen LogP contribution < -0.4 is 5.14 Å². The lowest BCUT2D eigenvalue weighted by atomic mass is 10.4. The van der Waals surface area contributed by atoms with Crippen LogP contribution in [0.4, 0.5) is 0 Å². The maximum absolute atomic E-state index is 11.0. The second-order valence-electron chi connectivity index (χ2n) is 2.55. The van der Waals surface area contributed by atoms with Gasteiger partial charge in [-0.05, 0) is 12.1 Å². The van der Waals surface area contributed by atoms with Gasteiger partial charge in [0.15, 0.2) is 0 Å². The number of rotatable bonds is 4. The van der Waals surface area contributed by atoms with E-state index in [1.165, 1.54) is 6.26 Å². The molecule has 0 spiro atoms. The fraction of sp³-hybridized carbons (Fsp3) is 0.429. The summed E-state index contributed by atoms with van der Waals surface area (Å²) in [6, 6.07) is 3.40. The summed E-state index contributed by atoms with van der Waals surface area (Å²) in [5, 5.41) is 4.96. The number of hydrogen-bond acceptors (Lipinski definition) is 3. The maximum Gasteiger partial charge on any atom is 0.277 e. The highest BCUT2D eigenvalue weighted by Gasteiger charge is 2.16. The van der Waals surface area contributed by atoms with Gasteiger partial charge in [0.05, 0.1) is 12.8 Å². The Morgan fingerprint density at radius 1 is 1.62 bits per heavy atom. The van der Waals surface area contributed by atoms with Crippen LogP contribution in [0.5, 0.6) is 0 Å². The molecule has 0 amide bonds. The molecule has 1 rings (SSSR count). The molecule has 74 valence electrons. The standard InChI is InChI=1S/C7H12N2O3S/c1-2-9(13(8,10)11)6-7-4-3-5-12-7/h3-5H,2,6H2,1H3,(H2,8,10,11). The third-order valence-electron chi connectivity index (χ3n) is 1.62. The first-order valence-electron chi connectivity index (χ1n) is 3.84. The minimum Gasteiger partial charge on any atom is -0.468 e. The summed E-state index contributed by atoms with van der Waals surface area (Å²) in [6.45, 7) is 2.23. The third-order valence-corrected chi connectivity index (χ3v) is 2.73. The summed E-state index contributed by atoms with van der Waals surface area (Å²) in [4.78, 5) is 0. The molecule has 1 aromatic heterocycles. The van der Waals surface area contributed by atoms with Crippen LogP contribution in [0.2, 0.25) is 0 Å². The lowest BCUT2D eigenvalue weighted by Crippen LogP contribution is -2.35. The zero-order valence-electron chi connectivity index (χ0n) is 7.30. The Hall–Kier alpha value is -0.850. The van der Waals surface area contributed by atoms with E-state index in [1.54, 1.807) is 19.1 Å². The van der Waals surface area contributed by atoms with E-state index < -0.39 is 10.2 Å². The Morgan fingerprint density at radius 2 is 2.31 bits per heavy atom. The summed E-state index contributed by atoms with van der Waals surface area (Å²) in [7, 11) is -3.62. The van der Waals surface area contributed by atoms with Crippen LogP contribution >= 0.6 is 0 Å². The molecule has 0 aromatic carbocycles. The average Bonchev–Trinajstić information content (AvgIpc) is 2.49. The van der Waals surface area contributed by atoms with E-state index in [4.69, 9.17) is 9.56 Å². The Balaban J connectivity index is 2.72. The molecule has 0 saturated heterocycles. The summed E-state index contributed by atoms with van der Waals surface area (Å²) >= 11 is 0. The molecule has 1 heterocycles. The molecule has 6 heteroatoms. The molecular formula is C7H12N2O3S. The summed E-state index contributed by atoms with van der Waals surface area (Å²) < 4.78 is 28.0. The Labute approximate surface area is 77.3 Å². The van der Waals surface area contributed by atoms with Gasteiger partial charge in [-0.15, -0.1) is 0 Å². The van der Waals surface area contributed by atoms with Crippen molar-refractivity contribution in [2.75, 3.05) is 6.54 Å². The predicted molar refractivity (Wildman–Crippen MR) is 47.9 cm³/mol. The first-order valence-corrected chi connectivity index (χ1v) is 5.34. The monoisotopic (exact) mass is 204 g/mol. The highest BCUT2D eigenvalue weighted by molar-refractivity contribution is 7.86. The molecule has 0 unspecified atom stereocenters. The number of furan rings is 1. The number of hydrogen-bond donors (Lipinski definition) is 1. The smallest absolute Gasteiger partial charge is 0.277 e. The normalized spacial score (nSPS) is 12.2. The fourth-order valence-corrected chi connectivity index (χ4v) is 1.63. The maximum atomic E-state index is 11.0. The molecule has 0 saturated carbocycles. The summed E-state index contributed by atoms with van der Waals surface area (Å²) in [6.07, 6.45) is 1.49. The van der Waals surface area contributed by atoms with Gasteiger partial charge in [-0.1, -0.05) is 6.92 Å². The Morgan fingerprint density at radius 3 is 2.69 bits per heavy atom. The molecule has 2 N–H and O–H groups in total. The van der Waals surface area contributed by atoms with Gasteiger partial charge in [-0.25, -0.2) is 5.14 Å². The summed E-state index contributed by atoms with van der Waals surface area (Å²) in [5.74, 6) is 0.580. The third kappa shape index (κ3) is 2.83. The first-order chi connectivity index (χ1) is 6.04. The average molecular weight is 204 g/mol. The van der Waals surface area contributed by atoms with Crippen molar-refractivity contribution in [3.8, 4) is 0 Å². The van der Waals surface area contributed by atoms with Gasteiger partial charge >= 0.3 is 0 Å². The van der Waals surface area contributed by atoms with E-state index >= 15 is 0 Å². The van der Waals surface area contributed by atoms with Crippen molar-refractivity contribution in [2.24, 2.45) is 5.14 Å². The van der Waals surface area contributed by atoms with Crippen molar-refractivity contribution >= 4 is 10.2 Å². The second-order valence-corrected chi connectivity index (χ2v) is 4.10. The Bertz CT molecular complexity index is 344. The molecule has 0 atom stereocenters. The lowest BCUT2D eigenvalue weighted by Gasteiger charge is -2.15. The Kier molecular flexibility index (Phi) is 3.07. The quantitative estimate of drug-likeness (QED) is 0.766. The van der Waals surface area contributed by atoms with Gasteiger partial charge in [0.2, 0.25) is 0 Å². The minimum absolute atomic E-state index is 0.183. The predicted octanol–water partition coefficient (Wildman–Crippen LogP) is 0.305. The van der Waals surface area contributed by atoms with E-state index in [9.17, 15) is 8.42 Å². The van der Waals surface area contributed by atoms with Crippen LogP contribution in [0.15, 0.2) is 22.8 Å². The van der Waals surface area contributed by atoms with Crippen molar-refractivity contribution in [1.82, 2.24) is 4.31 Å². The fourth-order valence-electron chi connectivity index (χ4n) is 0.958. The molecule has 0 fully saturated rings. The van der Waals surface area contributed by atoms with Crippen LogP contribution in [0.1, 0.15) is 12.7 Å². The van der Waals surface area contributed by atoms with Crippen LogP contribution in [0.25, 0.3) is 0 Å². The molecule has 0 aliphatic rings. The van der Waals surface area contributed by atoms with E-state index in [-0.39, 0.29) is 6.54 Å². The van der Waals surface area contributed by atoms with Crippen LogP contribution in [0.3, 0.4) is 0 Å². The molecule has 13 heavy (non-hydrogen) atoms. The van der Waals surface area contributed by atoms with Crippen molar-refractivity contribution in [3.05, 3.63) is 24.2 Å². The molecule has 0 bridgehead atoms. The van der Waals surface area contributed by atoms with Crippen LogP contribution in [0, 0.1) is 0 Å². The van der Waals surface area contributed by atoms with Gasteiger partial charge in [-0.3, -0.25) is 0 Å². The topological polar surface area (TPSA) is 76.5 Å².